The van der Waals surface area contributed by atoms with Gasteiger partial charge in [0.25, 0.3) is 5.91 Å². The number of nitriles is 1. The van der Waals surface area contributed by atoms with Gasteiger partial charge in [-0.15, -0.1) is 0 Å². The van der Waals surface area contributed by atoms with Gasteiger partial charge in [0.15, 0.2) is 0 Å². The van der Waals surface area contributed by atoms with E-state index in [1.54, 1.807) is 30.3 Å². The van der Waals surface area contributed by atoms with Crippen LogP contribution in [0.2, 0.25) is 0 Å². The van der Waals surface area contributed by atoms with Crippen LogP contribution in [-0.2, 0) is 9.59 Å². The minimum absolute atomic E-state index is 0.0948. The number of carbonyl (C=O) groups is 2. The molecule has 2 aromatic carbocycles. The lowest BCUT2D eigenvalue weighted by molar-refractivity contribution is -0.138. The number of aliphatic hydroxyl groups excluding tert-OH is 1. The van der Waals surface area contributed by atoms with Crippen molar-refractivity contribution >= 4 is 23.4 Å². The van der Waals surface area contributed by atoms with Crippen LogP contribution in [0.4, 0.5) is 11.5 Å². The van der Waals surface area contributed by atoms with E-state index in [2.05, 4.69) is 16.4 Å². The van der Waals surface area contributed by atoms with Crippen LogP contribution in [0.25, 0.3) is 22.4 Å². The van der Waals surface area contributed by atoms with E-state index in [-0.39, 0.29) is 24.2 Å². The maximum Gasteiger partial charge on any atom is 0.303 e. The molecule has 1 unspecified atom stereocenters. The predicted molar refractivity (Wildman–Crippen MR) is 116 cm³/mol. The van der Waals surface area contributed by atoms with Crippen molar-refractivity contribution in [3.8, 4) is 28.5 Å². The highest BCUT2D eigenvalue weighted by molar-refractivity contribution is 5.95. The van der Waals surface area contributed by atoms with Crippen molar-refractivity contribution in [2.45, 2.75) is 18.9 Å². The molecule has 0 radical (unpaired) electrons. The second kappa shape index (κ2) is 9.52. The fraction of sp³-hybridized carbons (Fsp3) is 0.130. The van der Waals surface area contributed by atoms with Crippen molar-refractivity contribution in [2.24, 2.45) is 0 Å². The summed E-state index contributed by atoms with van der Waals surface area (Å²) in [7, 11) is 0. The number of anilines is 2. The average molecular weight is 416 g/mol. The first-order valence-corrected chi connectivity index (χ1v) is 9.46. The SMILES string of the molecule is N#Cc1c(-c2cccc(NC(=O)C(O)CCC(=O)O)c2)cc(-c2ccccc2)nc1N. The predicted octanol–water partition coefficient (Wildman–Crippen LogP) is 3.03. The largest absolute Gasteiger partial charge is 0.481 e. The second-order valence-corrected chi connectivity index (χ2v) is 6.81. The van der Waals surface area contributed by atoms with Crippen LogP contribution >= 0.6 is 0 Å². The summed E-state index contributed by atoms with van der Waals surface area (Å²) in [5, 5.41) is 30.7. The zero-order valence-electron chi connectivity index (χ0n) is 16.4. The lowest BCUT2D eigenvalue weighted by Crippen LogP contribution is -2.28. The summed E-state index contributed by atoms with van der Waals surface area (Å²) in [5.41, 5.74) is 9.26. The number of hydrogen-bond donors (Lipinski definition) is 4. The summed E-state index contributed by atoms with van der Waals surface area (Å²) in [6, 6.07) is 19.9. The number of aromatic nitrogens is 1. The van der Waals surface area contributed by atoms with Gasteiger partial charge in [0.1, 0.15) is 23.6 Å². The topological polar surface area (TPSA) is 149 Å². The molecule has 1 atom stereocenters. The Morgan fingerprint density at radius 3 is 2.48 bits per heavy atom. The quantitative estimate of drug-likeness (QED) is 0.462. The Kier molecular flexibility index (Phi) is 6.60. The average Bonchev–Trinajstić information content (AvgIpc) is 2.77. The van der Waals surface area contributed by atoms with E-state index in [0.717, 1.165) is 5.56 Å². The maximum absolute atomic E-state index is 12.2. The number of nitrogens with two attached hydrogens (primary N) is 1. The van der Waals surface area contributed by atoms with Crippen molar-refractivity contribution in [1.29, 1.82) is 5.26 Å². The molecule has 0 saturated carbocycles. The Bertz CT molecular complexity index is 1160. The Morgan fingerprint density at radius 1 is 1.10 bits per heavy atom. The smallest absolute Gasteiger partial charge is 0.303 e. The van der Waals surface area contributed by atoms with Crippen LogP contribution in [0.3, 0.4) is 0 Å². The van der Waals surface area contributed by atoms with E-state index >= 15 is 0 Å². The van der Waals surface area contributed by atoms with E-state index in [0.29, 0.717) is 22.5 Å². The van der Waals surface area contributed by atoms with Crippen LogP contribution in [0.5, 0.6) is 0 Å². The number of nitrogens with zero attached hydrogens (tertiary/aromatic N) is 2. The van der Waals surface area contributed by atoms with E-state index in [1.807, 2.05) is 30.3 Å². The number of benzene rings is 2. The van der Waals surface area contributed by atoms with Crippen LogP contribution in [0, 0.1) is 11.3 Å². The molecule has 8 heteroatoms. The molecule has 1 heterocycles. The third-order valence-corrected chi connectivity index (χ3v) is 4.60. The summed E-state index contributed by atoms with van der Waals surface area (Å²) >= 11 is 0. The van der Waals surface area contributed by atoms with Crippen molar-refractivity contribution in [3.63, 3.8) is 0 Å². The summed E-state index contributed by atoms with van der Waals surface area (Å²) in [5.74, 6) is -1.71. The molecule has 0 spiro atoms. The highest BCUT2D eigenvalue weighted by atomic mass is 16.4. The molecular weight excluding hydrogens is 396 g/mol. The Balaban J connectivity index is 1.93. The third-order valence-electron chi connectivity index (χ3n) is 4.60. The van der Waals surface area contributed by atoms with E-state index < -0.39 is 18.0 Å². The van der Waals surface area contributed by atoms with Gasteiger partial charge in [0.05, 0.1) is 5.69 Å². The van der Waals surface area contributed by atoms with Gasteiger partial charge < -0.3 is 21.3 Å². The molecule has 156 valence electrons. The first kappa shape index (κ1) is 21.5. The van der Waals surface area contributed by atoms with Gasteiger partial charge >= 0.3 is 5.97 Å². The highest BCUT2D eigenvalue weighted by Crippen LogP contribution is 2.32. The van der Waals surface area contributed by atoms with Gasteiger partial charge in [0.2, 0.25) is 0 Å². The first-order valence-electron chi connectivity index (χ1n) is 9.46. The number of aliphatic carboxylic acids is 1. The summed E-state index contributed by atoms with van der Waals surface area (Å²) in [6.45, 7) is 0. The molecule has 3 aromatic rings. The van der Waals surface area contributed by atoms with Crippen LogP contribution < -0.4 is 11.1 Å². The minimum Gasteiger partial charge on any atom is -0.481 e. The van der Waals surface area contributed by atoms with Crippen molar-refractivity contribution in [3.05, 3.63) is 66.2 Å². The lowest BCUT2D eigenvalue weighted by atomic mass is 9.98. The monoisotopic (exact) mass is 416 g/mol. The lowest BCUT2D eigenvalue weighted by Gasteiger charge is -2.13. The van der Waals surface area contributed by atoms with Gasteiger partial charge in [-0.1, -0.05) is 42.5 Å². The number of amides is 1. The minimum atomic E-state index is -1.45. The standard InChI is InChI=1S/C23H20N4O4/c24-13-18-17(12-19(27-22(18)25)14-5-2-1-3-6-14)15-7-4-8-16(11-15)26-23(31)20(28)9-10-21(29)30/h1-8,11-12,20,28H,9-10H2,(H2,25,27)(H,26,31)(H,29,30). The summed E-state index contributed by atoms with van der Waals surface area (Å²) < 4.78 is 0. The zero-order valence-corrected chi connectivity index (χ0v) is 16.4. The number of carboxylic acid groups (broad SMARTS) is 1. The number of hydrogen-bond acceptors (Lipinski definition) is 6. The number of nitrogens with one attached hydrogen (secondary N) is 1. The summed E-state index contributed by atoms with van der Waals surface area (Å²) in [4.78, 5) is 27.1. The molecule has 0 aliphatic rings. The molecule has 3 rings (SSSR count). The molecule has 0 saturated heterocycles. The first-order chi connectivity index (χ1) is 14.9. The number of aliphatic hydroxyl groups is 1. The molecule has 1 amide bonds. The zero-order chi connectivity index (χ0) is 22.4. The van der Waals surface area contributed by atoms with E-state index in [9.17, 15) is 20.0 Å². The van der Waals surface area contributed by atoms with Crippen molar-refractivity contribution in [2.75, 3.05) is 11.1 Å². The second-order valence-electron chi connectivity index (χ2n) is 6.81. The van der Waals surface area contributed by atoms with Crippen LogP contribution in [0.15, 0.2) is 60.7 Å². The van der Waals surface area contributed by atoms with Gasteiger partial charge in [-0.2, -0.15) is 5.26 Å². The summed E-state index contributed by atoms with van der Waals surface area (Å²) in [6.07, 6.45) is -1.96. The molecule has 0 fully saturated rings. The van der Waals surface area contributed by atoms with E-state index in [1.165, 1.54) is 0 Å². The molecule has 0 bridgehead atoms. The number of rotatable bonds is 7. The van der Waals surface area contributed by atoms with Gasteiger partial charge in [0, 0.05) is 23.2 Å². The van der Waals surface area contributed by atoms with Gasteiger partial charge in [-0.25, -0.2) is 4.98 Å². The van der Waals surface area contributed by atoms with Crippen LogP contribution in [-0.4, -0.2) is 33.2 Å². The molecule has 31 heavy (non-hydrogen) atoms. The Labute approximate surface area is 178 Å². The molecule has 1 aromatic heterocycles. The van der Waals surface area contributed by atoms with Crippen molar-refractivity contribution in [1.82, 2.24) is 4.98 Å². The number of nitrogen functional groups attached to an aromatic ring is 1. The van der Waals surface area contributed by atoms with Crippen molar-refractivity contribution < 1.29 is 19.8 Å². The fourth-order valence-corrected chi connectivity index (χ4v) is 3.05. The van der Waals surface area contributed by atoms with Gasteiger partial charge in [-0.3, -0.25) is 9.59 Å². The number of carbonyl (C=O) groups excluding carboxylic acids is 1. The molecule has 5 N–H and O–H groups in total. The number of carboxylic acids is 1. The van der Waals surface area contributed by atoms with Crippen LogP contribution in [0.1, 0.15) is 18.4 Å². The molecule has 8 nitrogen and oxygen atoms in total. The Morgan fingerprint density at radius 2 is 1.81 bits per heavy atom. The highest BCUT2D eigenvalue weighted by Gasteiger charge is 2.18. The maximum atomic E-state index is 12.2. The molecule has 0 aliphatic heterocycles. The molecular formula is C23H20N4O4. The normalized spacial score (nSPS) is 11.4. The molecule has 0 aliphatic carbocycles. The fourth-order valence-electron chi connectivity index (χ4n) is 3.05. The third kappa shape index (κ3) is 5.23. The number of pyridine rings is 1. The van der Waals surface area contributed by atoms with Gasteiger partial charge in [-0.05, 0) is 30.2 Å². The van der Waals surface area contributed by atoms with E-state index in [4.69, 9.17) is 10.8 Å². The Hall–Kier alpha value is -4.22.